The highest BCUT2D eigenvalue weighted by molar-refractivity contribution is 5.75. The number of fused-ring (bicyclic) bond motifs is 2. The molecule has 0 N–H and O–H groups in total. The lowest BCUT2D eigenvalue weighted by atomic mass is 10.0. The predicted molar refractivity (Wildman–Crippen MR) is 105 cm³/mol. The third-order valence-electron chi connectivity index (χ3n) is 5.73. The number of aromatic nitrogens is 3. The van der Waals surface area contributed by atoms with Crippen LogP contribution >= 0.6 is 0 Å². The smallest absolute Gasteiger partial charge is 0.130 e. The van der Waals surface area contributed by atoms with Gasteiger partial charge in [0.2, 0.25) is 0 Å². The van der Waals surface area contributed by atoms with Crippen molar-refractivity contribution in [2.45, 2.75) is 19.4 Å². The molecule has 6 nitrogen and oxygen atoms in total. The molecule has 0 unspecified atom stereocenters. The zero-order valence-electron chi connectivity index (χ0n) is 15.5. The molecule has 1 fully saturated rings. The van der Waals surface area contributed by atoms with Gasteiger partial charge in [0.25, 0.3) is 0 Å². The van der Waals surface area contributed by atoms with E-state index in [1.807, 2.05) is 12.3 Å². The monoisotopic (exact) mass is 361 g/mol. The molecule has 27 heavy (non-hydrogen) atoms. The first kappa shape index (κ1) is 16.4. The number of hydrogen-bond acceptors (Lipinski definition) is 6. The van der Waals surface area contributed by atoms with Crippen LogP contribution in [0.3, 0.4) is 0 Å². The van der Waals surface area contributed by atoms with Crippen molar-refractivity contribution in [2.24, 2.45) is 0 Å². The first-order chi connectivity index (χ1) is 13.3. The van der Waals surface area contributed by atoms with Crippen molar-refractivity contribution in [3.8, 4) is 5.75 Å². The van der Waals surface area contributed by atoms with Crippen LogP contribution in [-0.4, -0.2) is 52.6 Å². The lowest BCUT2D eigenvalue weighted by Crippen LogP contribution is -2.47. The Balaban J connectivity index is 1.27. The average Bonchev–Trinajstić information content (AvgIpc) is 3.21. The summed E-state index contributed by atoms with van der Waals surface area (Å²) in [6.45, 7) is 7.05. The fourth-order valence-electron chi connectivity index (χ4n) is 4.02. The zero-order chi connectivity index (χ0) is 18.2. The second-order valence-corrected chi connectivity index (χ2v) is 7.25. The molecule has 4 heterocycles. The Hall–Kier alpha value is -2.73. The minimum atomic E-state index is 0.386. The molecular formula is C21H23N5O. The minimum Gasteiger partial charge on any atom is -0.493 e. The molecular weight excluding hydrogens is 338 g/mol. The second kappa shape index (κ2) is 6.78. The Morgan fingerprint density at radius 1 is 0.963 bits per heavy atom. The van der Waals surface area contributed by atoms with Crippen molar-refractivity contribution in [1.82, 2.24) is 19.9 Å². The minimum absolute atomic E-state index is 0.386. The fraction of sp³-hybridized carbons (Fsp3) is 0.381. The van der Waals surface area contributed by atoms with Crippen LogP contribution in [0.1, 0.15) is 24.1 Å². The first-order valence-electron chi connectivity index (χ1n) is 9.59. The van der Waals surface area contributed by atoms with Crippen LogP contribution in [0.15, 0.2) is 42.9 Å². The lowest BCUT2D eigenvalue weighted by Gasteiger charge is -2.38. The van der Waals surface area contributed by atoms with E-state index < -0.39 is 0 Å². The standard InChI is InChI=1S/C21H23N5O/c1-15(17-3-2-16-4-11-27-20(16)12-17)25-7-9-26(10-8-25)21-13-18-19(14-24-21)23-6-5-22-18/h2-3,5-6,12-15H,4,7-11H2,1H3/t15-/m0/s1. The first-order valence-corrected chi connectivity index (χ1v) is 9.59. The van der Waals surface area contributed by atoms with Crippen LogP contribution in [0.25, 0.3) is 11.0 Å². The van der Waals surface area contributed by atoms with Gasteiger partial charge in [-0.15, -0.1) is 0 Å². The third kappa shape index (κ3) is 3.10. The van der Waals surface area contributed by atoms with E-state index in [1.54, 1.807) is 12.4 Å². The van der Waals surface area contributed by atoms with Crippen LogP contribution in [0.2, 0.25) is 0 Å². The Kier molecular flexibility index (Phi) is 4.13. The summed E-state index contributed by atoms with van der Waals surface area (Å²) < 4.78 is 5.74. The highest BCUT2D eigenvalue weighted by atomic mass is 16.5. The molecule has 6 heteroatoms. The number of anilines is 1. The summed E-state index contributed by atoms with van der Waals surface area (Å²) >= 11 is 0. The zero-order valence-corrected chi connectivity index (χ0v) is 15.5. The van der Waals surface area contributed by atoms with Gasteiger partial charge in [-0.2, -0.15) is 0 Å². The second-order valence-electron chi connectivity index (χ2n) is 7.25. The molecule has 1 aromatic carbocycles. The average molecular weight is 361 g/mol. The molecule has 2 aromatic heterocycles. The predicted octanol–water partition coefficient (Wildman–Crippen LogP) is 2.84. The van der Waals surface area contributed by atoms with E-state index >= 15 is 0 Å². The molecule has 0 aliphatic carbocycles. The van der Waals surface area contributed by atoms with Crippen LogP contribution in [0.4, 0.5) is 5.82 Å². The van der Waals surface area contributed by atoms with Gasteiger partial charge in [0.15, 0.2) is 0 Å². The molecule has 1 saturated heterocycles. The van der Waals surface area contributed by atoms with Crippen LogP contribution in [-0.2, 0) is 6.42 Å². The van der Waals surface area contributed by atoms with E-state index in [0.29, 0.717) is 6.04 Å². The van der Waals surface area contributed by atoms with Gasteiger partial charge in [-0.3, -0.25) is 14.9 Å². The van der Waals surface area contributed by atoms with E-state index in [2.05, 4.69) is 49.9 Å². The molecule has 138 valence electrons. The quantitative estimate of drug-likeness (QED) is 0.715. The van der Waals surface area contributed by atoms with E-state index in [4.69, 9.17) is 4.74 Å². The van der Waals surface area contributed by atoms with E-state index in [0.717, 1.165) is 61.8 Å². The van der Waals surface area contributed by atoms with E-state index in [9.17, 15) is 0 Å². The number of pyridine rings is 1. The van der Waals surface area contributed by atoms with Gasteiger partial charge in [0.05, 0.1) is 18.3 Å². The maximum absolute atomic E-state index is 5.74. The van der Waals surface area contributed by atoms with Crippen LogP contribution in [0.5, 0.6) is 5.75 Å². The van der Waals surface area contributed by atoms with Crippen molar-refractivity contribution < 1.29 is 4.74 Å². The van der Waals surface area contributed by atoms with Crippen molar-refractivity contribution in [3.63, 3.8) is 0 Å². The maximum Gasteiger partial charge on any atom is 0.130 e. The van der Waals surface area contributed by atoms with E-state index in [-0.39, 0.29) is 0 Å². The van der Waals surface area contributed by atoms with Gasteiger partial charge in [-0.1, -0.05) is 12.1 Å². The number of benzene rings is 1. The molecule has 2 aliphatic heterocycles. The number of hydrogen-bond donors (Lipinski definition) is 0. The van der Waals surface area contributed by atoms with E-state index in [1.165, 1.54) is 11.1 Å². The number of ether oxygens (including phenoxy) is 1. The number of nitrogens with zero attached hydrogens (tertiary/aromatic N) is 5. The van der Waals surface area contributed by atoms with Gasteiger partial charge in [-0.25, -0.2) is 4.98 Å². The highest BCUT2D eigenvalue weighted by Crippen LogP contribution is 2.31. The number of piperazine rings is 1. The van der Waals surface area contributed by atoms with Gasteiger partial charge in [-0.05, 0) is 24.1 Å². The van der Waals surface area contributed by atoms with Gasteiger partial charge in [0, 0.05) is 57.1 Å². The molecule has 5 rings (SSSR count). The summed E-state index contributed by atoms with van der Waals surface area (Å²) in [4.78, 5) is 18.2. The van der Waals surface area contributed by atoms with Crippen LogP contribution in [0, 0.1) is 0 Å². The summed E-state index contributed by atoms with van der Waals surface area (Å²) in [7, 11) is 0. The summed E-state index contributed by atoms with van der Waals surface area (Å²) in [5.41, 5.74) is 4.41. The molecule has 0 saturated carbocycles. The van der Waals surface area contributed by atoms with Gasteiger partial charge in [0.1, 0.15) is 17.1 Å². The Labute approximate surface area is 158 Å². The normalized spacial score (nSPS) is 18.3. The molecule has 0 amide bonds. The number of rotatable bonds is 3. The van der Waals surface area contributed by atoms with Crippen molar-refractivity contribution in [1.29, 1.82) is 0 Å². The summed E-state index contributed by atoms with van der Waals surface area (Å²) in [5.74, 6) is 2.06. The summed E-state index contributed by atoms with van der Waals surface area (Å²) in [5, 5.41) is 0. The van der Waals surface area contributed by atoms with Gasteiger partial charge >= 0.3 is 0 Å². The van der Waals surface area contributed by atoms with Crippen LogP contribution < -0.4 is 9.64 Å². The molecule has 0 spiro atoms. The molecule has 0 radical (unpaired) electrons. The van der Waals surface area contributed by atoms with Crippen molar-refractivity contribution in [3.05, 3.63) is 54.0 Å². The highest BCUT2D eigenvalue weighted by Gasteiger charge is 2.24. The molecule has 2 aliphatic rings. The van der Waals surface area contributed by atoms with Gasteiger partial charge < -0.3 is 9.64 Å². The third-order valence-corrected chi connectivity index (χ3v) is 5.73. The molecule has 3 aromatic rings. The molecule has 0 bridgehead atoms. The summed E-state index contributed by atoms with van der Waals surface area (Å²) in [6, 6.07) is 9.14. The summed E-state index contributed by atoms with van der Waals surface area (Å²) in [6.07, 6.45) is 6.28. The Morgan fingerprint density at radius 3 is 2.63 bits per heavy atom. The topological polar surface area (TPSA) is 54.4 Å². The fourth-order valence-corrected chi connectivity index (χ4v) is 4.02. The largest absolute Gasteiger partial charge is 0.493 e. The lowest BCUT2D eigenvalue weighted by molar-refractivity contribution is 0.198. The Morgan fingerprint density at radius 2 is 1.78 bits per heavy atom. The molecule has 1 atom stereocenters. The Bertz CT molecular complexity index is 968. The SMILES string of the molecule is C[C@@H](c1ccc2c(c1)OCC2)N1CCN(c2cc3nccnc3cn2)CC1. The van der Waals surface area contributed by atoms with Crippen molar-refractivity contribution in [2.75, 3.05) is 37.7 Å². The van der Waals surface area contributed by atoms with Crippen molar-refractivity contribution >= 4 is 16.9 Å². The maximum atomic E-state index is 5.74.